The van der Waals surface area contributed by atoms with Crippen molar-refractivity contribution in [2.24, 2.45) is 5.73 Å². The lowest BCUT2D eigenvalue weighted by molar-refractivity contribution is -0.0449. The van der Waals surface area contributed by atoms with Crippen LogP contribution in [0.25, 0.3) is 0 Å². The number of hydrogen-bond acceptors (Lipinski definition) is 4. The molecule has 62 valence electrons. The Bertz CT molecular complexity index is 70.7. The molecule has 0 unspecified atom stereocenters. The third-order valence-electron chi connectivity index (χ3n) is 1.16. The molecule has 0 atom stereocenters. The summed E-state index contributed by atoms with van der Waals surface area (Å²) in [4.78, 5) is 3.20. The van der Waals surface area contributed by atoms with Crippen LogP contribution in [0, 0.1) is 0 Å². The predicted molar refractivity (Wildman–Crippen MR) is 43.4 cm³/mol. The lowest BCUT2D eigenvalue weighted by Gasteiger charge is -2.12. The topological polar surface area (TPSA) is 56.5 Å². The maximum absolute atomic E-state index is 5.28. The molecule has 0 amide bonds. The normalized spacial score (nSPS) is 12.0. The van der Waals surface area contributed by atoms with E-state index in [4.69, 9.17) is 15.2 Å². The van der Waals surface area contributed by atoms with E-state index in [1.54, 1.807) is 14.2 Å². The molecule has 0 spiro atoms. The molecule has 0 bridgehead atoms. The maximum atomic E-state index is 5.28. The van der Waals surface area contributed by atoms with Crippen LogP contribution >= 0.6 is 0 Å². The highest BCUT2D eigenvalue weighted by Crippen LogP contribution is 1.83. The molecule has 0 radical (unpaired) electrons. The third kappa shape index (κ3) is 4.89. The van der Waals surface area contributed by atoms with Crippen LogP contribution in [0.5, 0.6) is 0 Å². The fraction of sp³-hybridized carbons (Fsp3) is 1.00. The van der Waals surface area contributed by atoms with Gasteiger partial charge < -0.3 is 20.2 Å². The van der Waals surface area contributed by atoms with Gasteiger partial charge in [0.25, 0.3) is 0 Å². The summed E-state index contributed by atoms with van der Waals surface area (Å²) in [5, 5.41) is 0. The zero-order chi connectivity index (χ0) is 7.82. The highest BCUT2D eigenvalue weighted by atomic mass is 28.2. The molecule has 0 aromatic rings. The van der Waals surface area contributed by atoms with E-state index in [2.05, 4.69) is 4.98 Å². The average molecular weight is 164 g/mol. The predicted octanol–water partition coefficient (Wildman–Crippen LogP) is -1.81. The first-order chi connectivity index (χ1) is 4.85. The molecule has 3 N–H and O–H groups in total. The van der Waals surface area contributed by atoms with Gasteiger partial charge in [0, 0.05) is 27.3 Å². The molecule has 0 saturated heterocycles. The summed E-state index contributed by atoms with van der Waals surface area (Å²) >= 11 is 0. The number of ether oxygens (including phenoxy) is 2. The van der Waals surface area contributed by atoms with E-state index in [0.29, 0.717) is 6.54 Å². The van der Waals surface area contributed by atoms with Crippen LogP contribution in [0.3, 0.4) is 0 Å². The average Bonchev–Trinajstić information content (AvgIpc) is 1.99. The van der Waals surface area contributed by atoms with E-state index < -0.39 is 9.68 Å². The molecule has 0 aromatic heterocycles. The van der Waals surface area contributed by atoms with Crippen LogP contribution in [-0.2, 0) is 9.47 Å². The molecule has 10 heavy (non-hydrogen) atoms. The van der Waals surface area contributed by atoms with Gasteiger partial charge in [-0.1, -0.05) is 0 Å². The Morgan fingerprint density at radius 3 is 2.50 bits per heavy atom. The van der Waals surface area contributed by atoms with Crippen molar-refractivity contribution in [3.05, 3.63) is 0 Å². The monoisotopic (exact) mass is 164 g/mol. The number of hydrogen-bond donors (Lipinski definition) is 2. The van der Waals surface area contributed by atoms with Crippen molar-refractivity contribution in [2.45, 2.75) is 5.91 Å². The molecular formula is C5H16N2O2Si. The van der Waals surface area contributed by atoms with Crippen LogP contribution in [0.4, 0.5) is 0 Å². The zero-order valence-electron chi connectivity index (χ0n) is 6.59. The summed E-state index contributed by atoms with van der Waals surface area (Å²) in [5.41, 5.74) is 5.28. The molecule has 0 aliphatic rings. The van der Waals surface area contributed by atoms with E-state index in [9.17, 15) is 0 Å². The molecule has 0 heterocycles. The summed E-state index contributed by atoms with van der Waals surface area (Å²) in [6.45, 7) is 1.53. The van der Waals surface area contributed by atoms with Gasteiger partial charge in [-0.05, 0) is 0 Å². The first-order valence-corrected chi connectivity index (χ1v) is 4.84. The Balaban J connectivity index is 3.09. The highest BCUT2D eigenvalue weighted by molar-refractivity contribution is 6.33. The molecule has 0 aliphatic heterocycles. The van der Waals surface area contributed by atoms with Crippen molar-refractivity contribution in [1.29, 1.82) is 0 Å². The van der Waals surface area contributed by atoms with Crippen molar-refractivity contribution >= 4 is 9.68 Å². The fourth-order valence-corrected chi connectivity index (χ4v) is 1.56. The fourth-order valence-electron chi connectivity index (χ4n) is 0.585. The number of rotatable bonds is 6. The van der Waals surface area contributed by atoms with E-state index in [1.165, 1.54) is 0 Å². The summed E-state index contributed by atoms with van der Waals surface area (Å²) in [6, 6.07) is 0. The number of nitrogens with one attached hydrogen (secondary N) is 1. The minimum Gasteiger partial charge on any atom is -0.359 e. The molecule has 0 saturated carbocycles. The van der Waals surface area contributed by atoms with Crippen LogP contribution < -0.4 is 10.7 Å². The second-order valence-electron chi connectivity index (χ2n) is 1.89. The first kappa shape index (κ1) is 10.1. The van der Waals surface area contributed by atoms with Crippen LogP contribution in [-0.4, -0.2) is 42.9 Å². The van der Waals surface area contributed by atoms with Gasteiger partial charge in [0.05, 0.1) is 0 Å². The van der Waals surface area contributed by atoms with Crippen molar-refractivity contribution in [3.8, 4) is 0 Å². The zero-order valence-corrected chi connectivity index (χ0v) is 8.01. The summed E-state index contributed by atoms with van der Waals surface area (Å²) in [6.07, 6.45) is 0. The van der Waals surface area contributed by atoms with Crippen LogP contribution in [0.15, 0.2) is 0 Å². The van der Waals surface area contributed by atoms with Crippen LogP contribution in [0.1, 0.15) is 0 Å². The third-order valence-corrected chi connectivity index (χ3v) is 2.80. The number of nitrogens with two attached hydrogens (primary N) is 1. The van der Waals surface area contributed by atoms with Gasteiger partial charge in [-0.15, -0.1) is 0 Å². The highest BCUT2D eigenvalue weighted by Gasteiger charge is 2.02. The van der Waals surface area contributed by atoms with Crippen molar-refractivity contribution in [3.63, 3.8) is 0 Å². The Hall–Kier alpha value is 0.0569. The smallest absolute Gasteiger partial charge is 0.159 e. The van der Waals surface area contributed by atoms with E-state index in [1.807, 2.05) is 0 Å². The lowest BCUT2D eigenvalue weighted by Crippen LogP contribution is -2.36. The van der Waals surface area contributed by atoms with Crippen molar-refractivity contribution < 1.29 is 9.47 Å². The molecule has 0 aromatic carbocycles. The van der Waals surface area contributed by atoms with Gasteiger partial charge in [-0.2, -0.15) is 0 Å². The Morgan fingerprint density at radius 1 is 1.50 bits per heavy atom. The molecule has 0 rings (SSSR count). The van der Waals surface area contributed by atoms with Gasteiger partial charge >= 0.3 is 0 Å². The van der Waals surface area contributed by atoms with Gasteiger partial charge in [-0.25, -0.2) is 0 Å². The SMILES string of the molecule is COC(OC)[SiH2]NCCN. The van der Waals surface area contributed by atoms with Gasteiger partial charge in [0.1, 0.15) is 5.91 Å². The minimum atomic E-state index is -0.460. The van der Waals surface area contributed by atoms with Crippen molar-refractivity contribution in [2.75, 3.05) is 27.3 Å². The lowest BCUT2D eigenvalue weighted by atomic mass is 10.7. The van der Waals surface area contributed by atoms with Crippen LogP contribution in [0.2, 0.25) is 0 Å². The maximum Gasteiger partial charge on any atom is 0.159 e. The molecule has 4 nitrogen and oxygen atoms in total. The summed E-state index contributed by atoms with van der Waals surface area (Å²) in [5.74, 6) is -0.0217. The van der Waals surface area contributed by atoms with E-state index in [-0.39, 0.29) is 5.91 Å². The van der Waals surface area contributed by atoms with E-state index >= 15 is 0 Å². The number of methoxy groups -OCH3 is 2. The minimum absolute atomic E-state index is 0.0217. The molecule has 0 aliphatic carbocycles. The standard InChI is InChI=1S/C5H16N2O2Si/c1-8-5(9-2)10-7-4-3-6/h5,7H,3-4,6,10H2,1-2H3. The van der Waals surface area contributed by atoms with Gasteiger partial charge in [0.15, 0.2) is 9.68 Å². The second-order valence-corrected chi connectivity index (χ2v) is 3.47. The summed E-state index contributed by atoms with van der Waals surface area (Å²) in [7, 11) is 2.83. The Morgan fingerprint density at radius 2 is 2.10 bits per heavy atom. The van der Waals surface area contributed by atoms with Gasteiger partial charge in [0.2, 0.25) is 0 Å². The Kier molecular flexibility index (Phi) is 7.21. The quantitative estimate of drug-likeness (QED) is 0.276. The first-order valence-electron chi connectivity index (χ1n) is 3.31. The summed E-state index contributed by atoms with van der Waals surface area (Å²) < 4.78 is 9.96. The molecular weight excluding hydrogens is 148 g/mol. The Labute approximate surface area is 64.0 Å². The van der Waals surface area contributed by atoms with Crippen molar-refractivity contribution in [1.82, 2.24) is 4.98 Å². The molecule has 5 heteroatoms. The molecule has 0 fully saturated rings. The van der Waals surface area contributed by atoms with Gasteiger partial charge in [-0.3, -0.25) is 0 Å². The largest absolute Gasteiger partial charge is 0.359 e. The second kappa shape index (κ2) is 7.17. The van der Waals surface area contributed by atoms with E-state index in [0.717, 1.165) is 6.54 Å².